The van der Waals surface area contributed by atoms with E-state index in [1.165, 1.54) is 6.92 Å². The fraction of sp³-hybridized carbons (Fsp3) is 0.429. The zero-order valence-electron chi connectivity index (χ0n) is 11.4. The van der Waals surface area contributed by atoms with Gasteiger partial charge < -0.3 is 9.47 Å². The number of carbonyl (C=O) groups is 2. The lowest BCUT2D eigenvalue weighted by Crippen LogP contribution is -2.06. The molecule has 4 nitrogen and oxygen atoms in total. The van der Waals surface area contributed by atoms with Gasteiger partial charge in [-0.3, -0.25) is 4.79 Å². The Labute approximate surface area is 108 Å². The second kappa shape index (κ2) is 9.22. The quantitative estimate of drug-likeness (QED) is 0.610. The third kappa shape index (κ3) is 6.03. The molecule has 100 valence electrons. The molecule has 0 aliphatic carbocycles. The first kappa shape index (κ1) is 16.2. The minimum Gasteiger partial charge on any atom is -0.462 e. The Kier molecular flexibility index (Phi) is 8.27. The molecule has 0 bridgehead atoms. The summed E-state index contributed by atoms with van der Waals surface area (Å²) in [6.07, 6.45) is 0.789. The largest absolute Gasteiger partial charge is 0.462 e. The summed E-state index contributed by atoms with van der Waals surface area (Å²) in [5.74, 6) is -0.336. The molecule has 0 radical (unpaired) electrons. The molecular formula is C14H20O4. The zero-order valence-corrected chi connectivity index (χ0v) is 11.4. The predicted octanol–water partition coefficient (Wildman–Crippen LogP) is 3.20. The van der Waals surface area contributed by atoms with E-state index in [0.717, 1.165) is 6.42 Å². The van der Waals surface area contributed by atoms with Gasteiger partial charge in [0, 0.05) is 6.92 Å². The van der Waals surface area contributed by atoms with Crippen LogP contribution in [0.3, 0.4) is 0 Å². The van der Waals surface area contributed by atoms with Crippen molar-refractivity contribution in [3.63, 3.8) is 0 Å². The molecule has 4 heteroatoms. The summed E-state index contributed by atoms with van der Waals surface area (Å²) >= 11 is 0. The highest BCUT2D eigenvalue weighted by atomic mass is 16.5. The van der Waals surface area contributed by atoms with Crippen LogP contribution in [0.4, 0.5) is 0 Å². The van der Waals surface area contributed by atoms with Crippen LogP contribution in [0.2, 0.25) is 0 Å². The molecule has 1 aromatic rings. The molecule has 0 atom stereocenters. The van der Waals surface area contributed by atoms with E-state index in [1.54, 1.807) is 24.3 Å². The topological polar surface area (TPSA) is 52.6 Å². The van der Waals surface area contributed by atoms with Gasteiger partial charge in [-0.25, -0.2) is 4.79 Å². The first-order chi connectivity index (χ1) is 8.63. The van der Waals surface area contributed by atoms with Crippen molar-refractivity contribution in [1.82, 2.24) is 0 Å². The highest BCUT2D eigenvalue weighted by Gasteiger charge is 2.06. The SMILES string of the molecule is CC.CCCOC(=O)c1ccc(OC(C)=O)cc1. The summed E-state index contributed by atoms with van der Waals surface area (Å²) in [5, 5.41) is 0. The van der Waals surface area contributed by atoms with Crippen LogP contribution in [-0.4, -0.2) is 18.5 Å². The molecule has 0 N–H and O–H groups in total. The van der Waals surface area contributed by atoms with E-state index in [-0.39, 0.29) is 11.9 Å². The molecule has 0 amide bonds. The molecule has 0 aliphatic heterocycles. The van der Waals surface area contributed by atoms with Crippen LogP contribution in [0.15, 0.2) is 24.3 Å². The van der Waals surface area contributed by atoms with Gasteiger partial charge >= 0.3 is 11.9 Å². The van der Waals surface area contributed by atoms with E-state index in [0.29, 0.717) is 17.9 Å². The highest BCUT2D eigenvalue weighted by molar-refractivity contribution is 5.89. The first-order valence-electron chi connectivity index (χ1n) is 6.09. The van der Waals surface area contributed by atoms with Crippen LogP contribution in [-0.2, 0) is 9.53 Å². The maximum absolute atomic E-state index is 11.4. The Hall–Kier alpha value is -1.84. The smallest absolute Gasteiger partial charge is 0.338 e. The predicted molar refractivity (Wildman–Crippen MR) is 69.7 cm³/mol. The summed E-state index contributed by atoms with van der Waals surface area (Å²) < 4.78 is 9.79. The lowest BCUT2D eigenvalue weighted by atomic mass is 10.2. The van der Waals surface area contributed by atoms with Crippen molar-refractivity contribution in [2.75, 3.05) is 6.61 Å². The fourth-order valence-electron chi connectivity index (χ4n) is 1.10. The maximum atomic E-state index is 11.4. The van der Waals surface area contributed by atoms with Crippen molar-refractivity contribution in [3.8, 4) is 5.75 Å². The Morgan fingerprint density at radius 1 is 1.11 bits per heavy atom. The molecule has 0 saturated carbocycles. The molecule has 18 heavy (non-hydrogen) atoms. The summed E-state index contributed by atoms with van der Waals surface area (Å²) in [5.41, 5.74) is 0.448. The number of rotatable bonds is 4. The summed E-state index contributed by atoms with van der Waals surface area (Å²) in [6.45, 7) is 7.66. The summed E-state index contributed by atoms with van der Waals surface area (Å²) in [4.78, 5) is 22.1. The Balaban J connectivity index is 0.00000137. The lowest BCUT2D eigenvalue weighted by Gasteiger charge is -2.04. The van der Waals surface area contributed by atoms with E-state index < -0.39 is 0 Å². The molecular weight excluding hydrogens is 232 g/mol. The van der Waals surface area contributed by atoms with E-state index >= 15 is 0 Å². The third-order valence-electron chi connectivity index (χ3n) is 1.79. The van der Waals surface area contributed by atoms with Crippen LogP contribution >= 0.6 is 0 Å². The maximum Gasteiger partial charge on any atom is 0.338 e. The van der Waals surface area contributed by atoms with E-state index in [1.807, 2.05) is 20.8 Å². The van der Waals surface area contributed by atoms with Gasteiger partial charge in [0.15, 0.2) is 0 Å². The van der Waals surface area contributed by atoms with Gasteiger partial charge in [-0.1, -0.05) is 20.8 Å². The average Bonchev–Trinajstić information content (AvgIpc) is 2.38. The first-order valence-corrected chi connectivity index (χ1v) is 6.09. The minimum absolute atomic E-state index is 0.365. The molecule has 0 fully saturated rings. The van der Waals surface area contributed by atoms with E-state index in [2.05, 4.69) is 0 Å². The van der Waals surface area contributed by atoms with Gasteiger partial charge in [-0.2, -0.15) is 0 Å². The Morgan fingerprint density at radius 3 is 2.11 bits per heavy atom. The van der Waals surface area contributed by atoms with Gasteiger partial charge in [0.25, 0.3) is 0 Å². The Morgan fingerprint density at radius 2 is 1.67 bits per heavy atom. The van der Waals surface area contributed by atoms with Gasteiger partial charge in [0.05, 0.1) is 12.2 Å². The van der Waals surface area contributed by atoms with Crippen LogP contribution in [0.25, 0.3) is 0 Å². The molecule has 0 aliphatic rings. The van der Waals surface area contributed by atoms with Crippen LogP contribution in [0.5, 0.6) is 5.75 Å². The number of hydrogen-bond donors (Lipinski definition) is 0. The second-order valence-electron chi connectivity index (χ2n) is 3.25. The van der Waals surface area contributed by atoms with Gasteiger partial charge in [-0.05, 0) is 30.7 Å². The van der Waals surface area contributed by atoms with Gasteiger partial charge in [-0.15, -0.1) is 0 Å². The molecule has 0 spiro atoms. The fourth-order valence-corrected chi connectivity index (χ4v) is 1.10. The molecule has 0 heterocycles. The number of carbonyl (C=O) groups excluding carboxylic acids is 2. The average molecular weight is 252 g/mol. The molecule has 1 aromatic carbocycles. The summed E-state index contributed by atoms with van der Waals surface area (Å²) in [6, 6.07) is 6.25. The van der Waals surface area contributed by atoms with Crippen LogP contribution in [0, 0.1) is 0 Å². The molecule has 0 aromatic heterocycles. The van der Waals surface area contributed by atoms with Crippen molar-refractivity contribution >= 4 is 11.9 Å². The molecule has 0 unspecified atom stereocenters. The zero-order chi connectivity index (χ0) is 14.0. The summed E-state index contributed by atoms with van der Waals surface area (Å²) in [7, 11) is 0. The van der Waals surface area contributed by atoms with Crippen molar-refractivity contribution in [1.29, 1.82) is 0 Å². The standard InChI is InChI=1S/C12H14O4.C2H6/c1-3-8-15-12(14)10-4-6-11(7-5-10)16-9(2)13;1-2/h4-7H,3,8H2,1-2H3;1-2H3. The number of ether oxygens (including phenoxy) is 2. The van der Waals surface area contributed by atoms with Crippen molar-refractivity contribution < 1.29 is 19.1 Å². The number of esters is 2. The monoisotopic (exact) mass is 252 g/mol. The van der Waals surface area contributed by atoms with E-state index in [9.17, 15) is 9.59 Å². The molecule has 1 rings (SSSR count). The third-order valence-corrected chi connectivity index (χ3v) is 1.79. The second-order valence-corrected chi connectivity index (χ2v) is 3.25. The highest BCUT2D eigenvalue weighted by Crippen LogP contribution is 2.13. The normalized spacial score (nSPS) is 8.89. The Bertz CT molecular complexity index is 368. The van der Waals surface area contributed by atoms with Crippen molar-refractivity contribution in [3.05, 3.63) is 29.8 Å². The lowest BCUT2D eigenvalue weighted by molar-refractivity contribution is -0.131. The van der Waals surface area contributed by atoms with Gasteiger partial charge in [0.1, 0.15) is 5.75 Å². The van der Waals surface area contributed by atoms with E-state index in [4.69, 9.17) is 9.47 Å². The van der Waals surface area contributed by atoms with Crippen molar-refractivity contribution in [2.45, 2.75) is 34.1 Å². The number of hydrogen-bond acceptors (Lipinski definition) is 4. The van der Waals surface area contributed by atoms with Gasteiger partial charge in [0.2, 0.25) is 0 Å². The minimum atomic E-state index is -0.388. The van der Waals surface area contributed by atoms with Crippen molar-refractivity contribution in [2.24, 2.45) is 0 Å². The molecule has 0 saturated heterocycles. The number of benzene rings is 1. The van der Waals surface area contributed by atoms with Crippen LogP contribution in [0.1, 0.15) is 44.5 Å². The van der Waals surface area contributed by atoms with Crippen LogP contribution < -0.4 is 4.74 Å².